The van der Waals surface area contributed by atoms with Crippen LogP contribution in [0.25, 0.3) is 0 Å². The van der Waals surface area contributed by atoms with Crippen LogP contribution in [0, 0.1) is 0 Å². The molecule has 0 aliphatic heterocycles. The molecule has 0 unspecified atom stereocenters. The standard InChI is InChI=1S/C17H18ClNO4S2/c1-23-17(20)12-13-2-6-15(7-3-13)24-11-10-19-25(21,22)16-8-4-14(18)5-9-16/h2-9,19H,10-12H2,1H3. The summed E-state index contributed by atoms with van der Waals surface area (Å²) in [5.74, 6) is 0.306. The van der Waals surface area contributed by atoms with Crippen molar-refractivity contribution in [3.05, 3.63) is 59.1 Å². The van der Waals surface area contributed by atoms with Crippen molar-refractivity contribution >= 4 is 39.4 Å². The summed E-state index contributed by atoms with van der Waals surface area (Å²) < 4.78 is 31.4. The van der Waals surface area contributed by atoms with Gasteiger partial charge in [-0.05, 0) is 42.0 Å². The van der Waals surface area contributed by atoms with Gasteiger partial charge in [0.2, 0.25) is 10.0 Å². The second kappa shape index (κ2) is 9.24. The summed E-state index contributed by atoms with van der Waals surface area (Å²) in [5, 5.41) is 0.491. The fourth-order valence-corrected chi connectivity index (χ4v) is 4.04. The quantitative estimate of drug-likeness (QED) is 0.419. The van der Waals surface area contributed by atoms with Crippen LogP contribution in [0.4, 0.5) is 0 Å². The molecule has 25 heavy (non-hydrogen) atoms. The Bertz CT molecular complexity index is 806. The van der Waals surface area contributed by atoms with Crippen molar-refractivity contribution in [3.63, 3.8) is 0 Å². The molecule has 8 heteroatoms. The number of hydrogen-bond acceptors (Lipinski definition) is 5. The number of carbonyl (C=O) groups is 1. The van der Waals surface area contributed by atoms with Gasteiger partial charge in [-0.3, -0.25) is 4.79 Å². The van der Waals surface area contributed by atoms with Crippen LogP contribution < -0.4 is 4.72 Å². The van der Waals surface area contributed by atoms with Gasteiger partial charge in [-0.25, -0.2) is 13.1 Å². The molecule has 0 aromatic heterocycles. The van der Waals surface area contributed by atoms with Gasteiger partial charge in [-0.2, -0.15) is 0 Å². The third-order valence-electron chi connectivity index (χ3n) is 3.29. The van der Waals surface area contributed by atoms with E-state index in [2.05, 4.69) is 9.46 Å². The van der Waals surface area contributed by atoms with E-state index in [0.717, 1.165) is 10.5 Å². The molecule has 0 spiro atoms. The molecule has 134 valence electrons. The molecule has 0 heterocycles. The molecule has 0 saturated carbocycles. The van der Waals surface area contributed by atoms with E-state index in [1.807, 2.05) is 24.3 Å². The number of sulfonamides is 1. The second-order valence-electron chi connectivity index (χ2n) is 5.10. The van der Waals surface area contributed by atoms with Gasteiger partial charge >= 0.3 is 5.97 Å². The molecule has 0 aliphatic carbocycles. The van der Waals surface area contributed by atoms with E-state index in [9.17, 15) is 13.2 Å². The molecule has 0 saturated heterocycles. The molecule has 0 aliphatic rings. The third kappa shape index (κ3) is 6.36. The lowest BCUT2D eigenvalue weighted by atomic mass is 10.2. The molecule has 2 aromatic carbocycles. The van der Waals surface area contributed by atoms with Crippen molar-refractivity contribution < 1.29 is 17.9 Å². The van der Waals surface area contributed by atoms with Gasteiger partial charge in [0.15, 0.2) is 0 Å². The zero-order valence-corrected chi connectivity index (χ0v) is 16.0. The van der Waals surface area contributed by atoms with Gasteiger partial charge in [0, 0.05) is 22.2 Å². The first-order chi connectivity index (χ1) is 11.9. The van der Waals surface area contributed by atoms with Gasteiger partial charge in [-0.15, -0.1) is 11.8 Å². The van der Waals surface area contributed by atoms with Crippen LogP contribution in [0.1, 0.15) is 5.56 Å². The highest BCUT2D eigenvalue weighted by molar-refractivity contribution is 7.99. The molecule has 0 bridgehead atoms. The van der Waals surface area contributed by atoms with E-state index in [4.69, 9.17) is 11.6 Å². The topological polar surface area (TPSA) is 72.5 Å². The summed E-state index contributed by atoms with van der Waals surface area (Å²) in [5.41, 5.74) is 0.875. The molecule has 0 atom stereocenters. The van der Waals surface area contributed by atoms with Crippen molar-refractivity contribution in [1.29, 1.82) is 0 Å². The van der Waals surface area contributed by atoms with Gasteiger partial charge in [0.1, 0.15) is 0 Å². The molecule has 0 radical (unpaired) electrons. The zero-order chi connectivity index (χ0) is 18.3. The highest BCUT2D eigenvalue weighted by atomic mass is 35.5. The summed E-state index contributed by atoms with van der Waals surface area (Å²) in [4.78, 5) is 12.4. The first-order valence-corrected chi connectivity index (χ1v) is 10.3. The molecule has 5 nitrogen and oxygen atoms in total. The number of thioether (sulfide) groups is 1. The number of ether oxygens (including phenoxy) is 1. The van der Waals surface area contributed by atoms with E-state index in [1.165, 1.54) is 31.0 Å². The average molecular weight is 400 g/mol. The highest BCUT2D eigenvalue weighted by Gasteiger charge is 2.12. The maximum Gasteiger partial charge on any atom is 0.309 e. The van der Waals surface area contributed by atoms with Crippen LogP contribution in [0.2, 0.25) is 5.02 Å². The minimum atomic E-state index is -3.53. The smallest absolute Gasteiger partial charge is 0.309 e. The Balaban J connectivity index is 1.80. The van der Waals surface area contributed by atoms with E-state index in [0.29, 0.717) is 17.3 Å². The fraction of sp³-hybridized carbons (Fsp3) is 0.235. The lowest BCUT2D eigenvalue weighted by Gasteiger charge is -2.07. The normalized spacial score (nSPS) is 11.3. The second-order valence-corrected chi connectivity index (χ2v) is 8.47. The minimum Gasteiger partial charge on any atom is -0.469 e. The van der Waals surface area contributed by atoms with Crippen LogP contribution in [-0.2, 0) is 26.0 Å². The SMILES string of the molecule is COC(=O)Cc1ccc(SCCNS(=O)(=O)c2ccc(Cl)cc2)cc1. The Labute approximate surface area is 156 Å². The summed E-state index contributed by atoms with van der Waals surface area (Å²) in [6.45, 7) is 0.305. The Hall–Kier alpha value is -1.54. The molecular formula is C17H18ClNO4S2. The summed E-state index contributed by atoms with van der Waals surface area (Å²) >= 11 is 7.29. The van der Waals surface area contributed by atoms with Gasteiger partial charge < -0.3 is 4.74 Å². The van der Waals surface area contributed by atoms with E-state index < -0.39 is 10.0 Å². The number of esters is 1. The molecule has 2 aromatic rings. The van der Waals surface area contributed by atoms with Gasteiger partial charge in [0.05, 0.1) is 18.4 Å². The lowest BCUT2D eigenvalue weighted by Crippen LogP contribution is -2.25. The first kappa shape index (κ1) is 19.8. The molecular weight excluding hydrogens is 382 g/mol. The van der Waals surface area contributed by atoms with Crippen molar-refractivity contribution in [2.45, 2.75) is 16.2 Å². The number of rotatable bonds is 8. The van der Waals surface area contributed by atoms with Gasteiger partial charge in [-0.1, -0.05) is 23.7 Å². The minimum absolute atomic E-state index is 0.189. The number of hydrogen-bond donors (Lipinski definition) is 1. The summed E-state index contributed by atoms with van der Waals surface area (Å²) in [7, 11) is -2.17. The lowest BCUT2D eigenvalue weighted by molar-refractivity contribution is -0.139. The van der Waals surface area contributed by atoms with E-state index >= 15 is 0 Å². The number of methoxy groups -OCH3 is 1. The molecule has 2 rings (SSSR count). The predicted octanol–water partition coefficient (Wildman–Crippen LogP) is 3.13. The number of nitrogens with one attached hydrogen (secondary N) is 1. The van der Waals surface area contributed by atoms with E-state index in [1.54, 1.807) is 12.1 Å². The highest BCUT2D eigenvalue weighted by Crippen LogP contribution is 2.19. The van der Waals surface area contributed by atoms with E-state index in [-0.39, 0.29) is 17.3 Å². The largest absolute Gasteiger partial charge is 0.469 e. The van der Waals surface area contributed by atoms with Crippen molar-refractivity contribution in [1.82, 2.24) is 4.72 Å². The predicted molar refractivity (Wildman–Crippen MR) is 99.5 cm³/mol. The van der Waals surface area contributed by atoms with Crippen molar-refractivity contribution in [2.75, 3.05) is 19.4 Å². The summed E-state index contributed by atoms with van der Waals surface area (Å²) in [6.07, 6.45) is 0.238. The van der Waals surface area contributed by atoms with Crippen LogP contribution in [0.3, 0.4) is 0 Å². The maximum atomic E-state index is 12.1. The Morgan fingerprint density at radius 3 is 2.36 bits per heavy atom. The third-order valence-corrected chi connectivity index (χ3v) is 6.03. The average Bonchev–Trinajstić information content (AvgIpc) is 2.60. The number of benzene rings is 2. The zero-order valence-electron chi connectivity index (χ0n) is 13.6. The van der Waals surface area contributed by atoms with Crippen LogP contribution >= 0.6 is 23.4 Å². The first-order valence-electron chi connectivity index (χ1n) is 7.44. The Kier molecular flexibility index (Phi) is 7.31. The Morgan fingerprint density at radius 2 is 1.76 bits per heavy atom. The molecule has 1 N–H and O–H groups in total. The monoisotopic (exact) mass is 399 g/mol. The summed E-state index contributed by atoms with van der Waals surface area (Å²) in [6, 6.07) is 13.5. The van der Waals surface area contributed by atoms with Crippen LogP contribution in [0.15, 0.2) is 58.3 Å². The van der Waals surface area contributed by atoms with Crippen molar-refractivity contribution in [2.24, 2.45) is 0 Å². The van der Waals surface area contributed by atoms with Crippen molar-refractivity contribution in [3.8, 4) is 0 Å². The molecule has 0 amide bonds. The Morgan fingerprint density at radius 1 is 1.12 bits per heavy atom. The van der Waals surface area contributed by atoms with Gasteiger partial charge in [0.25, 0.3) is 0 Å². The number of halogens is 1. The molecule has 0 fully saturated rings. The fourth-order valence-electron chi connectivity index (χ4n) is 1.98. The van der Waals surface area contributed by atoms with Crippen LogP contribution in [-0.4, -0.2) is 33.8 Å². The number of carbonyl (C=O) groups excluding carboxylic acids is 1. The maximum absolute atomic E-state index is 12.1. The van der Waals surface area contributed by atoms with Crippen LogP contribution in [0.5, 0.6) is 0 Å².